The Morgan fingerprint density at radius 1 is 0.900 bits per heavy atom. The number of hydrogen-bond donors (Lipinski definition) is 2. The summed E-state index contributed by atoms with van der Waals surface area (Å²) in [5, 5.41) is 15.8. The van der Waals surface area contributed by atoms with Gasteiger partial charge in [0.25, 0.3) is 0 Å². The molecule has 0 bridgehead atoms. The Hall–Kier alpha value is -3.79. The summed E-state index contributed by atoms with van der Waals surface area (Å²) in [5.74, 6) is 0.763. The quantitative estimate of drug-likeness (QED) is 0.481. The Morgan fingerprint density at radius 2 is 1.60 bits per heavy atom. The fraction of sp³-hybridized carbons (Fsp3) is 0.115. The summed E-state index contributed by atoms with van der Waals surface area (Å²) in [7, 11) is 1.62. The molecule has 0 fully saturated rings. The molecule has 0 aliphatic heterocycles. The Kier molecular flexibility index (Phi) is 5.66. The lowest BCUT2D eigenvalue weighted by Crippen LogP contribution is -2.30. The first-order valence-electron chi connectivity index (χ1n) is 9.83. The monoisotopic (exact) mass is 397 g/mol. The number of rotatable bonds is 6. The van der Waals surface area contributed by atoms with E-state index >= 15 is 0 Å². The first kappa shape index (κ1) is 19.5. The zero-order chi connectivity index (χ0) is 20.9. The molecule has 0 saturated heterocycles. The summed E-state index contributed by atoms with van der Waals surface area (Å²) in [6, 6.07) is 28.1. The average Bonchev–Trinajstić information content (AvgIpc) is 2.78. The summed E-state index contributed by atoms with van der Waals surface area (Å²) in [4.78, 5) is 12.9. The zero-order valence-corrected chi connectivity index (χ0v) is 16.7. The number of carbonyl (C=O) groups excluding carboxylic acids is 1. The van der Waals surface area contributed by atoms with Crippen molar-refractivity contribution in [2.75, 3.05) is 7.11 Å². The van der Waals surface area contributed by atoms with E-state index in [2.05, 4.69) is 5.32 Å². The minimum absolute atomic E-state index is 0.116. The molecule has 150 valence electrons. The Labute approximate surface area is 175 Å². The molecule has 2 N–H and O–H groups in total. The SMILES string of the molecule is COc1ccc([C@@H](NC(=O)Cc2ccccc2)c2c(O)ccc3ccccc23)cc1. The number of phenols is 1. The number of ether oxygens (including phenoxy) is 1. The van der Waals surface area contributed by atoms with Crippen molar-refractivity contribution < 1.29 is 14.6 Å². The molecule has 1 atom stereocenters. The van der Waals surface area contributed by atoms with Gasteiger partial charge in [0, 0.05) is 5.56 Å². The number of phenolic OH excluding ortho intramolecular Hbond substituents is 1. The number of amides is 1. The van der Waals surface area contributed by atoms with E-state index in [1.807, 2.05) is 84.9 Å². The number of hydrogen-bond acceptors (Lipinski definition) is 3. The minimum atomic E-state index is -0.502. The van der Waals surface area contributed by atoms with Crippen LogP contribution in [0.1, 0.15) is 22.7 Å². The van der Waals surface area contributed by atoms with Crippen molar-refractivity contribution in [2.45, 2.75) is 12.5 Å². The molecule has 4 rings (SSSR count). The molecular weight excluding hydrogens is 374 g/mol. The van der Waals surface area contributed by atoms with Gasteiger partial charge in [0.15, 0.2) is 0 Å². The number of carbonyl (C=O) groups is 1. The zero-order valence-electron chi connectivity index (χ0n) is 16.7. The van der Waals surface area contributed by atoms with E-state index in [0.29, 0.717) is 5.56 Å². The van der Waals surface area contributed by atoms with Crippen molar-refractivity contribution in [2.24, 2.45) is 0 Å². The Bertz CT molecular complexity index is 1150. The van der Waals surface area contributed by atoms with Gasteiger partial charge in [-0.25, -0.2) is 0 Å². The molecule has 0 aromatic heterocycles. The second-order valence-corrected chi connectivity index (χ2v) is 7.16. The standard InChI is InChI=1S/C26H23NO3/c1-30-21-14-11-20(12-15-21)26(27-24(29)17-18-7-3-2-4-8-18)25-22-10-6-5-9-19(22)13-16-23(25)28/h2-16,26,28H,17H2,1H3,(H,27,29)/t26-/m1/s1. The molecule has 4 aromatic rings. The fourth-order valence-electron chi connectivity index (χ4n) is 3.70. The van der Waals surface area contributed by atoms with Crippen molar-refractivity contribution in [3.63, 3.8) is 0 Å². The summed E-state index contributed by atoms with van der Waals surface area (Å²) in [6.07, 6.45) is 0.263. The predicted octanol–water partition coefficient (Wildman–Crippen LogP) is 5.00. The molecule has 4 aromatic carbocycles. The molecule has 1 amide bonds. The molecule has 4 heteroatoms. The van der Waals surface area contributed by atoms with Crippen LogP contribution in [0.15, 0.2) is 91.0 Å². The number of methoxy groups -OCH3 is 1. The molecule has 0 saturated carbocycles. The van der Waals surface area contributed by atoms with E-state index in [-0.39, 0.29) is 18.1 Å². The van der Waals surface area contributed by atoms with Crippen LogP contribution in [0.5, 0.6) is 11.5 Å². The van der Waals surface area contributed by atoms with Gasteiger partial charge >= 0.3 is 0 Å². The molecular formula is C26H23NO3. The average molecular weight is 397 g/mol. The number of benzene rings is 4. The van der Waals surface area contributed by atoms with E-state index in [1.165, 1.54) is 0 Å². The van der Waals surface area contributed by atoms with E-state index in [4.69, 9.17) is 4.74 Å². The van der Waals surface area contributed by atoms with Gasteiger partial charge in [0.1, 0.15) is 11.5 Å². The molecule has 0 radical (unpaired) electrons. The molecule has 30 heavy (non-hydrogen) atoms. The topological polar surface area (TPSA) is 58.6 Å². The minimum Gasteiger partial charge on any atom is -0.508 e. The van der Waals surface area contributed by atoms with E-state index < -0.39 is 6.04 Å². The molecule has 0 heterocycles. The smallest absolute Gasteiger partial charge is 0.225 e. The lowest BCUT2D eigenvalue weighted by Gasteiger charge is -2.23. The Balaban J connectivity index is 1.76. The van der Waals surface area contributed by atoms with Gasteiger partial charge in [0.2, 0.25) is 5.91 Å². The maximum atomic E-state index is 12.9. The van der Waals surface area contributed by atoms with Crippen molar-refractivity contribution in [3.05, 3.63) is 108 Å². The summed E-state index contributed by atoms with van der Waals surface area (Å²) in [6.45, 7) is 0. The predicted molar refractivity (Wildman–Crippen MR) is 119 cm³/mol. The highest BCUT2D eigenvalue weighted by atomic mass is 16.5. The van der Waals surface area contributed by atoms with E-state index in [9.17, 15) is 9.90 Å². The number of fused-ring (bicyclic) bond motifs is 1. The van der Waals surface area contributed by atoms with Crippen LogP contribution in [0.2, 0.25) is 0 Å². The van der Waals surface area contributed by atoms with Gasteiger partial charge in [0.05, 0.1) is 19.6 Å². The number of nitrogens with one attached hydrogen (secondary N) is 1. The molecule has 0 spiro atoms. The second kappa shape index (κ2) is 8.70. The van der Waals surface area contributed by atoms with Crippen molar-refractivity contribution in [1.82, 2.24) is 5.32 Å². The van der Waals surface area contributed by atoms with Gasteiger partial charge in [-0.15, -0.1) is 0 Å². The molecule has 0 unspecified atom stereocenters. The van der Waals surface area contributed by atoms with Crippen LogP contribution < -0.4 is 10.1 Å². The Morgan fingerprint density at radius 3 is 2.33 bits per heavy atom. The summed E-state index contributed by atoms with van der Waals surface area (Å²) < 4.78 is 5.27. The van der Waals surface area contributed by atoms with Gasteiger partial charge < -0.3 is 15.2 Å². The van der Waals surface area contributed by atoms with Gasteiger partial charge in [-0.1, -0.05) is 72.8 Å². The second-order valence-electron chi connectivity index (χ2n) is 7.16. The van der Waals surface area contributed by atoms with Crippen molar-refractivity contribution in [1.29, 1.82) is 0 Å². The third-order valence-electron chi connectivity index (χ3n) is 5.20. The summed E-state index contributed by atoms with van der Waals surface area (Å²) in [5.41, 5.74) is 2.48. The fourth-order valence-corrected chi connectivity index (χ4v) is 3.70. The first-order chi connectivity index (χ1) is 14.7. The third kappa shape index (κ3) is 4.13. The van der Waals surface area contributed by atoms with Crippen LogP contribution in [-0.4, -0.2) is 18.1 Å². The van der Waals surface area contributed by atoms with E-state index in [1.54, 1.807) is 13.2 Å². The maximum absolute atomic E-state index is 12.9. The molecule has 0 aliphatic carbocycles. The van der Waals surface area contributed by atoms with Gasteiger partial charge in [-0.3, -0.25) is 4.79 Å². The molecule has 0 aliphatic rings. The highest BCUT2D eigenvalue weighted by Crippen LogP contribution is 2.36. The third-order valence-corrected chi connectivity index (χ3v) is 5.20. The highest BCUT2D eigenvalue weighted by molar-refractivity contribution is 5.89. The van der Waals surface area contributed by atoms with Crippen LogP contribution >= 0.6 is 0 Å². The normalized spacial score (nSPS) is 11.8. The maximum Gasteiger partial charge on any atom is 0.225 e. The lowest BCUT2D eigenvalue weighted by atomic mass is 9.92. The van der Waals surface area contributed by atoms with Crippen molar-refractivity contribution in [3.8, 4) is 11.5 Å². The van der Waals surface area contributed by atoms with Gasteiger partial charge in [-0.2, -0.15) is 0 Å². The van der Waals surface area contributed by atoms with E-state index in [0.717, 1.165) is 27.6 Å². The number of aromatic hydroxyl groups is 1. The summed E-state index contributed by atoms with van der Waals surface area (Å²) >= 11 is 0. The van der Waals surface area contributed by atoms with Gasteiger partial charge in [-0.05, 0) is 40.1 Å². The van der Waals surface area contributed by atoms with Crippen LogP contribution in [0.25, 0.3) is 10.8 Å². The first-order valence-corrected chi connectivity index (χ1v) is 9.83. The highest BCUT2D eigenvalue weighted by Gasteiger charge is 2.22. The van der Waals surface area contributed by atoms with Crippen LogP contribution in [0.4, 0.5) is 0 Å². The largest absolute Gasteiger partial charge is 0.508 e. The van der Waals surface area contributed by atoms with Crippen LogP contribution in [0.3, 0.4) is 0 Å². The molecule has 4 nitrogen and oxygen atoms in total. The lowest BCUT2D eigenvalue weighted by molar-refractivity contribution is -0.120. The van der Waals surface area contributed by atoms with Crippen LogP contribution in [-0.2, 0) is 11.2 Å². The van der Waals surface area contributed by atoms with Crippen molar-refractivity contribution >= 4 is 16.7 Å². The van der Waals surface area contributed by atoms with Crippen LogP contribution in [0, 0.1) is 0 Å².